The van der Waals surface area contributed by atoms with E-state index in [2.05, 4.69) is 23.7 Å². The standard InChI is InChI=1S/C17H23N3O2/c1-3-22-17(21)20-10-8-13(9-11-20)12-16-18-14-6-4-5-7-15(14)19(16)2/h4-7,13H,3,8-12H2,1-2H3. The fourth-order valence-corrected chi connectivity index (χ4v) is 3.17. The molecular weight excluding hydrogens is 278 g/mol. The minimum absolute atomic E-state index is 0.177. The van der Waals surface area contributed by atoms with Crippen LogP contribution < -0.4 is 0 Å². The van der Waals surface area contributed by atoms with Crippen molar-refractivity contribution >= 4 is 17.1 Å². The highest BCUT2D eigenvalue weighted by molar-refractivity contribution is 5.75. The summed E-state index contributed by atoms with van der Waals surface area (Å²) in [6, 6.07) is 8.24. The number of hydrogen-bond acceptors (Lipinski definition) is 3. The Labute approximate surface area is 130 Å². The number of piperidine rings is 1. The normalized spacial score (nSPS) is 16.2. The van der Waals surface area contributed by atoms with Crippen molar-refractivity contribution in [2.45, 2.75) is 26.2 Å². The molecule has 1 aliphatic rings. The summed E-state index contributed by atoms with van der Waals surface area (Å²) in [5.41, 5.74) is 2.24. The van der Waals surface area contributed by atoms with E-state index in [1.54, 1.807) is 0 Å². The predicted octanol–water partition coefficient (Wildman–Crippen LogP) is 2.98. The second kappa shape index (κ2) is 6.38. The predicted molar refractivity (Wildman–Crippen MR) is 85.7 cm³/mol. The highest BCUT2D eigenvalue weighted by atomic mass is 16.6. The number of likely N-dealkylation sites (tertiary alicyclic amines) is 1. The molecule has 3 rings (SSSR count). The van der Waals surface area contributed by atoms with Gasteiger partial charge in [0.15, 0.2) is 0 Å². The number of rotatable bonds is 3. The van der Waals surface area contributed by atoms with Gasteiger partial charge in [0, 0.05) is 26.6 Å². The van der Waals surface area contributed by atoms with Gasteiger partial charge in [0.25, 0.3) is 0 Å². The molecule has 0 radical (unpaired) electrons. The first-order chi connectivity index (χ1) is 10.7. The molecule has 1 amide bonds. The number of carbonyl (C=O) groups excluding carboxylic acids is 1. The van der Waals surface area contributed by atoms with Crippen LogP contribution in [0.15, 0.2) is 24.3 Å². The third-order valence-electron chi connectivity index (χ3n) is 4.49. The molecule has 0 unspecified atom stereocenters. The minimum Gasteiger partial charge on any atom is -0.450 e. The summed E-state index contributed by atoms with van der Waals surface area (Å²) in [6.07, 6.45) is 2.83. The molecule has 5 heteroatoms. The van der Waals surface area contributed by atoms with Gasteiger partial charge in [-0.3, -0.25) is 0 Å². The average molecular weight is 301 g/mol. The van der Waals surface area contributed by atoms with Gasteiger partial charge in [-0.1, -0.05) is 12.1 Å². The number of hydrogen-bond donors (Lipinski definition) is 0. The summed E-state index contributed by atoms with van der Waals surface area (Å²) in [4.78, 5) is 18.3. The lowest BCUT2D eigenvalue weighted by Gasteiger charge is -2.31. The van der Waals surface area contributed by atoms with Gasteiger partial charge in [0.2, 0.25) is 0 Å². The SMILES string of the molecule is CCOC(=O)N1CCC(Cc2nc3ccccc3n2C)CC1. The minimum atomic E-state index is -0.177. The molecule has 5 nitrogen and oxygen atoms in total. The number of aryl methyl sites for hydroxylation is 1. The maximum atomic E-state index is 11.7. The summed E-state index contributed by atoms with van der Waals surface area (Å²) in [6.45, 7) is 3.86. The number of para-hydroxylation sites is 2. The highest BCUT2D eigenvalue weighted by Gasteiger charge is 2.24. The molecule has 0 aliphatic carbocycles. The Bertz CT molecular complexity index is 657. The fourth-order valence-electron chi connectivity index (χ4n) is 3.17. The van der Waals surface area contributed by atoms with E-state index in [0.29, 0.717) is 12.5 Å². The molecule has 1 aromatic carbocycles. The molecule has 1 aromatic heterocycles. The Morgan fingerprint density at radius 2 is 2.05 bits per heavy atom. The largest absolute Gasteiger partial charge is 0.450 e. The van der Waals surface area contributed by atoms with Crippen LogP contribution in [0.3, 0.4) is 0 Å². The Balaban J connectivity index is 1.62. The smallest absolute Gasteiger partial charge is 0.409 e. The Hall–Kier alpha value is -2.04. The van der Waals surface area contributed by atoms with Crippen molar-refractivity contribution in [2.75, 3.05) is 19.7 Å². The number of ether oxygens (including phenoxy) is 1. The maximum absolute atomic E-state index is 11.7. The lowest BCUT2D eigenvalue weighted by Crippen LogP contribution is -2.39. The molecule has 0 N–H and O–H groups in total. The van der Waals surface area contributed by atoms with Crippen LogP contribution in [0.25, 0.3) is 11.0 Å². The summed E-state index contributed by atoms with van der Waals surface area (Å²) >= 11 is 0. The summed E-state index contributed by atoms with van der Waals surface area (Å²) in [5.74, 6) is 1.72. The van der Waals surface area contributed by atoms with Crippen molar-refractivity contribution in [1.29, 1.82) is 0 Å². The zero-order chi connectivity index (χ0) is 15.5. The molecule has 0 saturated carbocycles. The van der Waals surface area contributed by atoms with E-state index in [4.69, 9.17) is 9.72 Å². The number of nitrogens with zero attached hydrogens (tertiary/aromatic N) is 3. The Morgan fingerprint density at radius 3 is 2.73 bits per heavy atom. The Morgan fingerprint density at radius 1 is 1.32 bits per heavy atom. The molecule has 2 aromatic rings. The average Bonchev–Trinajstić information content (AvgIpc) is 2.85. The van der Waals surface area contributed by atoms with Crippen molar-refractivity contribution in [3.05, 3.63) is 30.1 Å². The van der Waals surface area contributed by atoms with Gasteiger partial charge in [-0.15, -0.1) is 0 Å². The first-order valence-electron chi connectivity index (χ1n) is 8.01. The molecule has 0 spiro atoms. The van der Waals surface area contributed by atoms with Gasteiger partial charge in [0.05, 0.1) is 17.6 Å². The number of benzene rings is 1. The van der Waals surface area contributed by atoms with E-state index in [9.17, 15) is 4.79 Å². The van der Waals surface area contributed by atoms with Gasteiger partial charge in [-0.2, -0.15) is 0 Å². The molecule has 0 atom stereocenters. The van der Waals surface area contributed by atoms with Crippen LogP contribution in [0, 0.1) is 5.92 Å². The third-order valence-corrected chi connectivity index (χ3v) is 4.49. The first kappa shape index (κ1) is 14.9. The molecular formula is C17H23N3O2. The van der Waals surface area contributed by atoms with Crippen LogP contribution in [0.1, 0.15) is 25.6 Å². The number of aromatic nitrogens is 2. The van der Waals surface area contributed by atoms with Crippen LogP contribution >= 0.6 is 0 Å². The maximum Gasteiger partial charge on any atom is 0.409 e. The number of imidazole rings is 1. The highest BCUT2D eigenvalue weighted by Crippen LogP contribution is 2.23. The molecule has 22 heavy (non-hydrogen) atoms. The van der Waals surface area contributed by atoms with Gasteiger partial charge >= 0.3 is 6.09 Å². The van der Waals surface area contributed by atoms with Crippen molar-refractivity contribution in [2.24, 2.45) is 13.0 Å². The zero-order valence-electron chi connectivity index (χ0n) is 13.3. The first-order valence-corrected chi connectivity index (χ1v) is 8.01. The van der Waals surface area contributed by atoms with Crippen LogP contribution in [0.5, 0.6) is 0 Å². The monoisotopic (exact) mass is 301 g/mol. The van der Waals surface area contributed by atoms with Crippen molar-refractivity contribution in [3.8, 4) is 0 Å². The molecule has 1 aliphatic heterocycles. The van der Waals surface area contributed by atoms with Gasteiger partial charge < -0.3 is 14.2 Å². The van der Waals surface area contributed by atoms with Crippen LogP contribution in [0.2, 0.25) is 0 Å². The summed E-state index contributed by atoms with van der Waals surface area (Å²) < 4.78 is 7.25. The zero-order valence-corrected chi connectivity index (χ0v) is 13.3. The lowest BCUT2D eigenvalue weighted by atomic mass is 9.93. The molecule has 118 valence electrons. The topological polar surface area (TPSA) is 47.4 Å². The van der Waals surface area contributed by atoms with Gasteiger partial charge in [0.1, 0.15) is 5.82 Å². The van der Waals surface area contributed by atoms with Crippen molar-refractivity contribution in [3.63, 3.8) is 0 Å². The third kappa shape index (κ3) is 2.93. The van der Waals surface area contributed by atoms with Crippen molar-refractivity contribution in [1.82, 2.24) is 14.5 Å². The van der Waals surface area contributed by atoms with Crippen LogP contribution in [0.4, 0.5) is 4.79 Å². The van der Waals surface area contributed by atoms with E-state index in [1.807, 2.05) is 24.0 Å². The number of fused-ring (bicyclic) bond motifs is 1. The number of carbonyl (C=O) groups is 1. The van der Waals surface area contributed by atoms with E-state index >= 15 is 0 Å². The Kier molecular flexibility index (Phi) is 4.32. The van der Waals surface area contributed by atoms with Crippen molar-refractivity contribution < 1.29 is 9.53 Å². The molecule has 0 bridgehead atoms. The molecule has 1 fully saturated rings. The van der Waals surface area contributed by atoms with Crippen LogP contribution in [-0.4, -0.2) is 40.2 Å². The number of amides is 1. The van der Waals surface area contributed by atoms with E-state index in [0.717, 1.165) is 43.7 Å². The van der Waals surface area contributed by atoms with E-state index in [1.165, 1.54) is 5.52 Å². The molecule has 2 heterocycles. The van der Waals surface area contributed by atoms with E-state index in [-0.39, 0.29) is 6.09 Å². The quantitative estimate of drug-likeness (QED) is 0.875. The fraction of sp³-hybridized carbons (Fsp3) is 0.529. The second-order valence-electron chi connectivity index (χ2n) is 5.91. The van der Waals surface area contributed by atoms with E-state index < -0.39 is 0 Å². The van der Waals surface area contributed by atoms with Gasteiger partial charge in [-0.25, -0.2) is 9.78 Å². The second-order valence-corrected chi connectivity index (χ2v) is 5.91. The molecule has 1 saturated heterocycles. The van der Waals surface area contributed by atoms with Crippen LogP contribution in [-0.2, 0) is 18.2 Å². The van der Waals surface area contributed by atoms with Gasteiger partial charge in [-0.05, 0) is 37.8 Å². The lowest BCUT2D eigenvalue weighted by molar-refractivity contribution is 0.0916. The summed E-state index contributed by atoms with van der Waals surface area (Å²) in [5, 5.41) is 0. The summed E-state index contributed by atoms with van der Waals surface area (Å²) in [7, 11) is 2.08.